The molecule has 0 aromatic heterocycles. The third-order valence-electron chi connectivity index (χ3n) is 3.97. The number of benzene rings is 2. The number of likely N-dealkylation sites (N-methyl/N-ethyl adjacent to an activating group) is 1. The lowest BCUT2D eigenvalue weighted by molar-refractivity contribution is -0.137. The number of methoxy groups -OCH3 is 2. The highest BCUT2D eigenvalue weighted by Crippen LogP contribution is 2.35. The molecular weight excluding hydrogens is 413 g/mol. The first kappa shape index (κ1) is 22.3. The maximum absolute atomic E-state index is 13.2. The van der Waals surface area contributed by atoms with Crippen molar-refractivity contribution in [3.63, 3.8) is 0 Å². The lowest BCUT2D eigenvalue weighted by atomic mass is 10.2. The first-order valence-electron chi connectivity index (χ1n) is 8.17. The summed E-state index contributed by atoms with van der Waals surface area (Å²) < 4.78 is 76.4. The second-order valence-electron chi connectivity index (χ2n) is 5.75. The van der Waals surface area contributed by atoms with Gasteiger partial charge in [-0.25, -0.2) is 8.42 Å². The van der Waals surface area contributed by atoms with Gasteiger partial charge in [0.15, 0.2) is 11.5 Å². The van der Waals surface area contributed by atoms with E-state index in [9.17, 15) is 26.4 Å². The number of nitrogens with one attached hydrogen (secondary N) is 1. The number of ether oxygens (including phenoxy) is 2. The van der Waals surface area contributed by atoms with Crippen LogP contribution in [0.3, 0.4) is 0 Å². The Labute approximate surface area is 166 Å². The molecule has 11 heteroatoms. The van der Waals surface area contributed by atoms with Crippen LogP contribution in [0.1, 0.15) is 5.56 Å². The summed E-state index contributed by atoms with van der Waals surface area (Å²) in [5, 5.41) is 2.26. The number of hydrogen-bond acceptors (Lipinski definition) is 5. The van der Waals surface area contributed by atoms with E-state index in [0.29, 0.717) is 10.4 Å². The molecule has 2 rings (SSSR count). The van der Waals surface area contributed by atoms with E-state index in [4.69, 9.17) is 9.47 Å². The van der Waals surface area contributed by atoms with Gasteiger partial charge in [-0.2, -0.15) is 13.2 Å². The number of sulfonamides is 1. The SMILES string of the molecule is CNC(=O)CN(c1cccc(C(F)(F)F)c1)S(=O)(=O)c1ccc(OC)c(OC)c1. The maximum Gasteiger partial charge on any atom is 0.416 e. The number of alkyl halides is 3. The van der Waals surface area contributed by atoms with Crippen molar-refractivity contribution in [2.45, 2.75) is 11.1 Å². The molecule has 0 aliphatic heterocycles. The highest BCUT2D eigenvalue weighted by atomic mass is 32.2. The third kappa shape index (κ3) is 4.91. The number of hydrogen-bond donors (Lipinski definition) is 1. The molecule has 0 radical (unpaired) electrons. The number of rotatable bonds is 7. The molecular formula is C18H19F3N2O5S. The lowest BCUT2D eigenvalue weighted by Gasteiger charge is -2.25. The molecule has 0 aliphatic rings. The average molecular weight is 432 g/mol. The molecule has 0 spiro atoms. The Hall–Kier alpha value is -2.95. The number of carbonyl (C=O) groups is 1. The van der Waals surface area contributed by atoms with Crippen LogP contribution in [0.5, 0.6) is 11.5 Å². The van der Waals surface area contributed by atoms with Gasteiger partial charge in [0.25, 0.3) is 10.0 Å². The van der Waals surface area contributed by atoms with Crippen LogP contribution in [0.25, 0.3) is 0 Å². The molecule has 7 nitrogen and oxygen atoms in total. The van der Waals surface area contributed by atoms with Gasteiger partial charge < -0.3 is 14.8 Å². The average Bonchev–Trinajstić information content (AvgIpc) is 2.70. The van der Waals surface area contributed by atoms with Crippen molar-refractivity contribution in [2.75, 3.05) is 32.1 Å². The Morgan fingerprint density at radius 3 is 2.28 bits per heavy atom. The first-order chi connectivity index (χ1) is 13.5. The summed E-state index contributed by atoms with van der Waals surface area (Å²) in [5.41, 5.74) is -1.35. The quantitative estimate of drug-likeness (QED) is 0.727. The zero-order valence-corrected chi connectivity index (χ0v) is 16.6. The lowest BCUT2D eigenvalue weighted by Crippen LogP contribution is -2.39. The fourth-order valence-corrected chi connectivity index (χ4v) is 3.89. The number of nitrogens with zero attached hydrogens (tertiary/aromatic N) is 1. The minimum Gasteiger partial charge on any atom is -0.493 e. The van der Waals surface area contributed by atoms with Crippen LogP contribution in [0, 0.1) is 0 Å². The van der Waals surface area contributed by atoms with E-state index >= 15 is 0 Å². The fourth-order valence-electron chi connectivity index (χ4n) is 2.47. The van der Waals surface area contributed by atoms with Crippen molar-refractivity contribution >= 4 is 21.6 Å². The molecule has 158 valence electrons. The summed E-state index contributed by atoms with van der Waals surface area (Å²) in [5.74, 6) is -0.327. The van der Waals surface area contributed by atoms with Crippen molar-refractivity contribution in [2.24, 2.45) is 0 Å². The van der Waals surface area contributed by atoms with E-state index in [1.807, 2.05) is 0 Å². The van der Waals surface area contributed by atoms with Crippen molar-refractivity contribution < 1.29 is 35.9 Å². The highest BCUT2D eigenvalue weighted by molar-refractivity contribution is 7.92. The van der Waals surface area contributed by atoms with E-state index < -0.39 is 34.2 Å². The van der Waals surface area contributed by atoms with Gasteiger partial charge in [-0.3, -0.25) is 9.10 Å². The second kappa shape index (κ2) is 8.60. The van der Waals surface area contributed by atoms with E-state index in [0.717, 1.165) is 12.1 Å². The van der Waals surface area contributed by atoms with Gasteiger partial charge in [0.1, 0.15) is 6.54 Å². The van der Waals surface area contributed by atoms with Gasteiger partial charge in [0.05, 0.1) is 30.4 Å². The van der Waals surface area contributed by atoms with Gasteiger partial charge in [0, 0.05) is 13.1 Å². The van der Waals surface area contributed by atoms with Gasteiger partial charge in [0.2, 0.25) is 5.91 Å². The molecule has 1 amide bonds. The number of amides is 1. The molecule has 0 saturated carbocycles. The van der Waals surface area contributed by atoms with E-state index in [1.54, 1.807) is 0 Å². The van der Waals surface area contributed by atoms with Gasteiger partial charge >= 0.3 is 6.18 Å². The number of halogens is 3. The van der Waals surface area contributed by atoms with Crippen molar-refractivity contribution in [1.82, 2.24) is 5.32 Å². The van der Waals surface area contributed by atoms with Gasteiger partial charge in [-0.05, 0) is 30.3 Å². The van der Waals surface area contributed by atoms with Gasteiger partial charge in [-0.1, -0.05) is 6.07 Å². The smallest absolute Gasteiger partial charge is 0.416 e. The minimum absolute atomic E-state index is 0.109. The molecule has 2 aromatic carbocycles. The zero-order valence-electron chi connectivity index (χ0n) is 15.8. The minimum atomic E-state index is -4.68. The normalized spacial score (nSPS) is 11.7. The Balaban J connectivity index is 2.62. The van der Waals surface area contributed by atoms with Crippen LogP contribution >= 0.6 is 0 Å². The summed E-state index contributed by atoms with van der Waals surface area (Å²) in [6.07, 6.45) is -4.68. The topological polar surface area (TPSA) is 84.9 Å². The van der Waals surface area contributed by atoms with Crippen molar-refractivity contribution in [3.8, 4) is 11.5 Å². The van der Waals surface area contributed by atoms with Crippen LogP contribution in [-0.2, 0) is 21.0 Å². The Morgan fingerprint density at radius 2 is 1.72 bits per heavy atom. The summed E-state index contributed by atoms with van der Waals surface area (Å²) in [7, 11) is -0.446. The molecule has 29 heavy (non-hydrogen) atoms. The molecule has 0 bridgehead atoms. The summed E-state index contributed by atoms with van der Waals surface area (Å²) in [6, 6.07) is 7.44. The molecule has 1 N–H and O–H groups in total. The largest absolute Gasteiger partial charge is 0.493 e. The van der Waals surface area contributed by atoms with Crippen LogP contribution in [0.2, 0.25) is 0 Å². The van der Waals surface area contributed by atoms with Crippen LogP contribution in [-0.4, -0.2) is 42.1 Å². The van der Waals surface area contributed by atoms with E-state index in [2.05, 4.69) is 5.32 Å². The summed E-state index contributed by atoms with van der Waals surface area (Å²) in [6.45, 7) is -0.714. The van der Waals surface area contributed by atoms with Gasteiger partial charge in [-0.15, -0.1) is 0 Å². The van der Waals surface area contributed by atoms with Crippen LogP contribution < -0.4 is 19.1 Å². The molecule has 0 atom stereocenters. The predicted molar refractivity (Wildman–Crippen MR) is 99.6 cm³/mol. The summed E-state index contributed by atoms with van der Waals surface area (Å²) in [4.78, 5) is 11.6. The Bertz CT molecular complexity index is 993. The number of anilines is 1. The predicted octanol–water partition coefficient (Wildman–Crippen LogP) is 2.66. The standard InChI is InChI=1S/C18H19F3N2O5S/c1-22-17(24)11-23(13-6-4-5-12(9-13)18(19,20)21)29(25,26)14-7-8-15(27-2)16(10-14)28-3/h4-10H,11H2,1-3H3,(H,22,24). The Morgan fingerprint density at radius 1 is 1.07 bits per heavy atom. The van der Waals surface area contributed by atoms with Crippen LogP contribution in [0.4, 0.5) is 18.9 Å². The molecule has 0 aliphatic carbocycles. The molecule has 0 saturated heterocycles. The van der Waals surface area contributed by atoms with E-state index in [1.165, 1.54) is 45.5 Å². The second-order valence-corrected chi connectivity index (χ2v) is 7.61. The van der Waals surface area contributed by atoms with E-state index in [-0.39, 0.29) is 22.1 Å². The number of carbonyl (C=O) groups excluding carboxylic acids is 1. The van der Waals surface area contributed by atoms with Crippen LogP contribution in [0.15, 0.2) is 47.4 Å². The molecule has 0 heterocycles. The first-order valence-corrected chi connectivity index (χ1v) is 9.61. The maximum atomic E-state index is 13.2. The molecule has 2 aromatic rings. The van der Waals surface area contributed by atoms with Crippen molar-refractivity contribution in [3.05, 3.63) is 48.0 Å². The highest BCUT2D eigenvalue weighted by Gasteiger charge is 2.33. The summed E-state index contributed by atoms with van der Waals surface area (Å²) >= 11 is 0. The third-order valence-corrected chi connectivity index (χ3v) is 5.74. The molecule has 0 unspecified atom stereocenters. The van der Waals surface area contributed by atoms with Crippen molar-refractivity contribution in [1.29, 1.82) is 0 Å². The monoisotopic (exact) mass is 432 g/mol. The fraction of sp³-hybridized carbons (Fsp3) is 0.278. The molecule has 0 fully saturated rings. The zero-order chi connectivity index (χ0) is 21.8. The Kier molecular flexibility index (Phi) is 6.62.